The van der Waals surface area contributed by atoms with Gasteiger partial charge in [-0.2, -0.15) is 16.8 Å². The molecule has 0 saturated carbocycles. The van der Waals surface area contributed by atoms with E-state index in [0.717, 1.165) is 0 Å². The van der Waals surface area contributed by atoms with Gasteiger partial charge in [0.05, 0.1) is 11.5 Å². The van der Waals surface area contributed by atoms with Crippen LogP contribution in [-0.4, -0.2) is 65.5 Å². The molecule has 0 aliphatic carbocycles. The molecule has 0 bridgehead atoms. The van der Waals surface area contributed by atoms with Crippen molar-refractivity contribution in [3.05, 3.63) is 0 Å². The molecule has 1 atom stereocenters. The molecule has 1 fully saturated rings. The van der Waals surface area contributed by atoms with Crippen LogP contribution in [0, 0.1) is 0 Å². The second kappa shape index (κ2) is 6.22. The van der Waals surface area contributed by atoms with E-state index in [2.05, 4.69) is 5.32 Å². The van der Waals surface area contributed by atoms with E-state index in [1.165, 1.54) is 0 Å². The Kier molecular flexibility index (Phi) is 5.44. The Morgan fingerprint density at radius 1 is 1.11 bits per heavy atom. The van der Waals surface area contributed by atoms with Gasteiger partial charge < -0.3 is 5.32 Å². The van der Waals surface area contributed by atoms with Gasteiger partial charge in [-0.05, 0) is 6.42 Å². The van der Waals surface area contributed by atoms with Crippen molar-refractivity contribution in [3.63, 3.8) is 0 Å². The SMILES string of the molecule is O=S(=O)(F)CCC1CNCCN1CCS(=O)(=O)F. The maximum absolute atomic E-state index is 12.4. The zero-order valence-electron chi connectivity index (χ0n) is 9.68. The first-order chi connectivity index (χ1) is 8.17. The lowest BCUT2D eigenvalue weighted by molar-refractivity contribution is 0.166. The normalized spacial score (nSPS) is 23.1. The molecule has 0 aromatic carbocycles. The molecule has 1 saturated heterocycles. The van der Waals surface area contributed by atoms with Crippen molar-refractivity contribution < 1.29 is 24.6 Å². The van der Waals surface area contributed by atoms with Gasteiger partial charge in [-0.1, -0.05) is 0 Å². The van der Waals surface area contributed by atoms with Crippen LogP contribution in [0.2, 0.25) is 0 Å². The molecular formula is C8H16F2N2O4S2. The molecule has 1 aliphatic rings. The molecule has 6 nitrogen and oxygen atoms in total. The van der Waals surface area contributed by atoms with Crippen LogP contribution in [0.25, 0.3) is 0 Å². The van der Waals surface area contributed by atoms with Crippen LogP contribution in [0.3, 0.4) is 0 Å². The molecule has 1 heterocycles. The molecule has 1 rings (SSSR count). The minimum Gasteiger partial charge on any atom is -0.314 e. The first kappa shape index (κ1) is 15.7. The molecule has 0 aromatic heterocycles. The first-order valence-corrected chi connectivity index (χ1v) is 8.57. The predicted octanol–water partition coefficient (Wildman–Crippen LogP) is -0.751. The van der Waals surface area contributed by atoms with E-state index in [1.807, 2.05) is 0 Å². The average molecular weight is 306 g/mol. The summed E-state index contributed by atoms with van der Waals surface area (Å²) in [5, 5.41) is 3.00. The van der Waals surface area contributed by atoms with Crippen molar-refractivity contribution in [2.45, 2.75) is 12.5 Å². The summed E-state index contributed by atoms with van der Waals surface area (Å²) >= 11 is 0. The van der Waals surface area contributed by atoms with Crippen LogP contribution in [0.1, 0.15) is 6.42 Å². The monoisotopic (exact) mass is 306 g/mol. The minimum absolute atomic E-state index is 0.0164. The van der Waals surface area contributed by atoms with Crippen LogP contribution < -0.4 is 5.32 Å². The molecule has 0 amide bonds. The topological polar surface area (TPSA) is 83.6 Å². The quantitative estimate of drug-likeness (QED) is 0.650. The average Bonchev–Trinajstić information content (AvgIpc) is 2.22. The Bertz CT molecular complexity index is 421. The lowest BCUT2D eigenvalue weighted by Gasteiger charge is -2.35. The molecule has 0 spiro atoms. The van der Waals surface area contributed by atoms with Gasteiger partial charge in [-0.25, -0.2) is 0 Å². The second-order valence-electron chi connectivity index (χ2n) is 4.17. The summed E-state index contributed by atoms with van der Waals surface area (Å²) in [4.78, 5) is 1.67. The Morgan fingerprint density at radius 3 is 2.28 bits per heavy atom. The Labute approximate surface area is 106 Å². The van der Waals surface area contributed by atoms with Crippen LogP contribution in [0.15, 0.2) is 0 Å². The highest BCUT2D eigenvalue weighted by Gasteiger charge is 2.25. The lowest BCUT2D eigenvalue weighted by atomic mass is 10.1. The molecule has 0 aromatic rings. The fourth-order valence-electron chi connectivity index (χ4n) is 1.89. The molecule has 10 heteroatoms. The lowest BCUT2D eigenvalue weighted by Crippen LogP contribution is -2.52. The molecule has 1 N–H and O–H groups in total. The highest BCUT2D eigenvalue weighted by Crippen LogP contribution is 2.10. The highest BCUT2D eigenvalue weighted by atomic mass is 32.3. The zero-order chi connectivity index (χ0) is 13.8. The molecule has 1 unspecified atom stereocenters. The van der Waals surface area contributed by atoms with Gasteiger partial charge in [0.15, 0.2) is 0 Å². The number of piperazine rings is 1. The van der Waals surface area contributed by atoms with Gasteiger partial charge in [0.1, 0.15) is 0 Å². The third kappa shape index (κ3) is 6.57. The Morgan fingerprint density at radius 2 is 1.72 bits per heavy atom. The number of nitrogens with zero attached hydrogens (tertiary/aromatic N) is 1. The predicted molar refractivity (Wildman–Crippen MR) is 62.6 cm³/mol. The van der Waals surface area contributed by atoms with E-state index >= 15 is 0 Å². The molecule has 18 heavy (non-hydrogen) atoms. The van der Waals surface area contributed by atoms with Crippen molar-refractivity contribution >= 4 is 20.4 Å². The largest absolute Gasteiger partial charge is 0.314 e. The van der Waals surface area contributed by atoms with Gasteiger partial charge in [0.2, 0.25) is 0 Å². The summed E-state index contributed by atoms with van der Waals surface area (Å²) in [7, 11) is -9.08. The summed E-state index contributed by atoms with van der Waals surface area (Å²) in [5.41, 5.74) is 0. The minimum atomic E-state index is -4.54. The van der Waals surface area contributed by atoms with Gasteiger partial charge in [-0.3, -0.25) is 4.90 Å². The van der Waals surface area contributed by atoms with E-state index < -0.39 is 32.0 Å². The maximum Gasteiger partial charge on any atom is 0.303 e. The third-order valence-corrected chi connectivity index (χ3v) is 4.18. The van der Waals surface area contributed by atoms with Gasteiger partial charge >= 0.3 is 20.4 Å². The number of nitrogens with one attached hydrogen (secondary N) is 1. The molecule has 108 valence electrons. The molecular weight excluding hydrogens is 290 g/mol. The van der Waals surface area contributed by atoms with Crippen LogP contribution in [0.4, 0.5) is 7.77 Å². The zero-order valence-corrected chi connectivity index (χ0v) is 11.3. The van der Waals surface area contributed by atoms with Gasteiger partial charge in [-0.15, -0.1) is 7.77 Å². The fourth-order valence-corrected chi connectivity index (χ4v) is 2.89. The maximum atomic E-state index is 12.4. The van der Waals surface area contributed by atoms with Crippen LogP contribution in [-0.2, 0) is 20.4 Å². The smallest absolute Gasteiger partial charge is 0.303 e. The van der Waals surface area contributed by atoms with Crippen molar-refractivity contribution in [3.8, 4) is 0 Å². The van der Waals surface area contributed by atoms with Crippen molar-refractivity contribution in [1.29, 1.82) is 0 Å². The van der Waals surface area contributed by atoms with Crippen molar-refractivity contribution in [2.75, 3.05) is 37.7 Å². The number of rotatable bonds is 6. The van der Waals surface area contributed by atoms with E-state index in [0.29, 0.717) is 19.6 Å². The first-order valence-electron chi connectivity index (χ1n) is 5.47. The fraction of sp³-hybridized carbons (Fsp3) is 1.00. The van der Waals surface area contributed by atoms with E-state index in [1.54, 1.807) is 4.90 Å². The van der Waals surface area contributed by atoms with Crippen LogP contribution in [0.5, 0.6) is 0 Å². The summed E-state index contributed by atoms with van der Waals surface area (Å²) in [6.45, 7) is 1.50. The van der Waals surface area contributed by atoms with Gasteiger partial charge in [0, 0.05) is 32.2 Å². The van der Waals surface area contributed by atoms with Gasteiger partial charge in [0.25, 0.3) is 0 Å². The van der Waals surface area contributed by atoms with E-state index in [4.69, 9.17) is 0 Å². The van der Waals surface area contributed by atoms with E-state index in [-0.39, 0.29) is 19.0 Å². The van der Waals surface area contributed by atoms with Crippen molar-refractivity contribution in [1.82, 2.24) is 10.2 Å². The summed E-state index contributed by atoms with van der Waals surface area (Å²) in [6.07, 6.45) is 0.0537. The van der Waals surface area contributed by atoms with Crippen LogP contribution >= 0.6 is 0 Å². The summed E-state index contributed by atoms with van der Waals surface area (Å²) in [5.74, 6) is -1.25. The number of hydrogen-bond acceptors (Lipinski definition) is 6. The summed E-state index contributed by atoms with van der Waals surface area (Å²) in [6, 6.07) is -0.300. The van der Waals surface area contributed by atoms with Crippen molar-refractivity contribution in [2.24, 2.45) is 0 Å². The Hall–Kier alpha value is -0.320. The molecule has 0 radical (unpaired) electrons. The van der Waals surface area contributed by atoms with E-state index in [9.17, 15) is 24.6 Å². The standard InChI is InChI=1S/C8H16F2N2O4S2/c9-17(13,14)5-1-8-7-11-2-3-12(8)4-6-18(10,15)16/h8,11H,1-7H2. The third-order valence-electron chi connectivity index (χ3n) is 2.79. The second-order valence-corrected chi connectivity index (χ2v) is 7.14. The number of halogens is 2. The Balaban J connectivity index is 2.52. The summed E-state index contributed by atoms with van der Waals surface area (Å²) < 4.78 is 66.6. The number of hydrogen-bond donors (Lipinski definition) is 1. The highest BCUT2D eigenvalue weighted by molar-refractivity contribution is 7.86. The molecule has 1 aliphatic heterocycles.